The number of thiophene rings is 1. The monoisotopic (exact) mass is 277 g/mol. The fourth-order valence-corrected chi connectivity index (χ4v) is 4.35. The van der Waals surface area contributed by atoms with Crippen molar-refractivity contribution in [1.29, 1.82) is 0 Å². The topological polar surface area (TPSA) is 23.5 Å². The van der Waals surface area contributed by atoms with E-state index in [0.29, 0.717) is 6.42 Å². The van der Waals surface area contributed by atoms with Crippen molar-refractivity contribution in [1.82, 2.24) is 4.90 Å². The minimum absolute atomic E-state index is 0.277. The quantitative estimate of drug-likeness (QED) is 0.918. The molecule has 1 saturated heterocycles. The number of rotatable bonds is 3. The number of halogens is 1. The average molecular weight is 278 g/mol. The van der Waals surface area contributed by atoms with Crippen LogP contribution in [0.1, 0.15) is 4.88 Å². The number of thioether (sulfide) groups is 1. The summed E-state index contributed by atoms with van der Waals surface area (Å²) >= 11 is 9.37. The Labute approximate surface area is 110 Å². The van der Waals surface area contributed by atoms with E-state index in [-0.39, 0.29) is 12.1 Å². The van der Waals surface area contributed by atoms with Gasteiger partial charge in [-0.15, -0.1) is 11.3 Å². The molecule has 90 valence electrons. The largest absolute Gasteiger partial charge is 0.391 e. The van der Waals surface area contributed by atoms with E-state index in [1.54, 1.807) is 11.3 Å². The lowest BCUT2D eigenvalue weighted by Crippen LogP contribution is -2.47. The maximum atomic E-state index is 10.2. The number of nitrogens with zero attached hydrogens (tertiary/aromatic N) is 1. The van der Waals surface area contributed by atoms with Gasteiger partial charge in [0.1, 0.15) is 0 Å². The molecule has 2 heterocycles. The van der Waals surface area contributed by atoms with Gasteiger partial charge in [0.15, 0.2) is 0 Å². The average Bonchev–Trinajstić information content (AvgIpc) is 2.64. The first-order chi connectivity index (χ1) is 7.66. The molecule has 1 N–H and O–H groups in total. The van der Waals surface area contributed by atoms with Crippen LogP contribution >= 0.6 is 34.7 Å². The van der Waals surface area contributed by atoms with E-state index in [2.05, 4.69) is 11.9 Å². The number of hydrogen-bond donors (Lipinski definition) is 1. The molecular weight excluding hydrogens is 262 g/mol. The Morgan fingerprint density at radius 1 is 1.62 bits per heavy atom. The summed E-state index contributed by atoms with van der Waals surface area (Å²) in [5, 5.41) is 10.2. The number of aliphatic hydroxyl groups excluding tert-OH is 1. The van der Waals surface area contributed by atoms with Gasteiger partial charge in [0.25, 0.3) is 0 Å². The van der Waals surface area contributed by atoms with Gasteiger partial charge in [-0.25, -0.2) is 0 Å². The molecular formula is C11H16ClNOS2. The zero-order valence-corrected chi connectivity index (χ0v) is 11.6. The molecule has 0 radical (unpaired) electrons. The lowest BCUT2D eigenvalue weighted by atomic mass is 10.1. The van der Waals surface area contributed by atoms with Crippen LogP contribution in [0.3, 0.4) is 0 Å². The van der Waals surface area contributed by atoms with Crippen LogP contribution in [0.2, 0.25) is 4.34 Å². The molecule has 1 aromatic rings. The molecule has 2 unspecified atom stereocenters. The van der Waals surface area contributed by atoms with E-state index < -0.39 is 0 Å². The van der Waals surface area contributed by atoms with E-state index in [4.69, 9.17) is 11.6 Å². The van der Waals surface area contributed by atoms with Crippen molar-refractivity contribution >= 4 is 34.7 Å². The van der Waals surface area contributed by atoms with Gasteiger partial charge in [0, 0.05) is 35.4 Å². The highest BCUT2D eigenvalue weighted by molar-refractivity contribution is 7.99. The molecule has 1 aromatic heterocycles. The van der Waals surface area contributed by atoms with Gasteiger partial charge < -0.3 is 5.11 Å². The highest BCUT2D eigenvalue weighted by Crippen LogP contribution is 2.25. The highest BCUT2D eigenvalue weighted by atomic mass is 35.5. The van der Waals surface area contributed by atoms with Crippen molar-refractivity contribution in [3.8, 4) is 0 Å². The number of hydrogen-bond acceptors (Lipinski definition) is 4. The normalized spacial score (nSPS) is 24.6. The number of likely N-dealkylation sites (N-methyl/N-ethyl adjacent to an activating group) is 1. The van der Waals surface area contributed by atoms with E-state index in [0.717, 1.165) is 16.6 Å². The fraction of sp³-hybridized carbons (Fsp3) is 0.636. The van der Waals surface area contributed by atoms with Gasteiger partial charge in [0.2, 0.25) is 0 Å². The smallest absolute Gasteiger partial charge is 0.0931 e. The van der Waals surface area contributed by atoms with Crippen LogP contribution in [0.4, 0.5) is 0 Å². The summed E-state index contributed by atoms with van der Waals surface area (Å²) in [5.74, 6) is 2.20. The SMILES string of the molecule is CN1CCSCC1C(O)Cc1ccc(Cl)s1. The van der Waals surface area contributed by atoms with Crippen molar-refractivity contribution in [2.75, 3.05) is 25.1 Å². The molecule has 0 saturated carbocycles. The Hall–Kier alpha value is 0.260. The van der Waals surface area contributed by atoms with Crippen LogP contribution in [0.25, 0.3) is 0 Å². The summed E-state index contributed by atoms with van der Waals surface area (Å²) in [5.41, 5.74) is 0. The van der Waals surface area contributed by atoms with E-state index >= 15 is 0 Å². The third-order valence-electron chi connectivity index (χ3n) is 2.93. The lowest BCUT2D eigenvalue weighted by Gasteiger charge is -2.35. The second-order valence-electron chi connectivity index (χ2n) is 4.10. The first-order valence-electron chi connectivity index (χ1n) is 5.37. The summed E-state index contributed by atoms with van der Waals surface area (Å²) in [6, 6.07) is 4.18. The second kappa shape index (κ2) is 5.74. The zero-order valence-electron chi connectivity index (χ0n) is 9.23. The van der Waals surface area contributed by atoms with Gasteiger partial charge in [-0.2, -0.15) is 11.8 Å². The molecule has 2 nitrogen and oxygen atoms in total. The van der Waals surface area contributed by atoms with Gasteiger partial charge >= 0.3 is 0 Å². The first-order valence-corrected chi connectivity index (χ1v) is 7.72. The van der Waals surface area contributed by atoms with Crippen molar-refractivity contribution in [2.24, 2.45) is 0 Å². The minimum atomic E-state index is -0.285. The standard InChI is InChI=1S/C11H16ClNOS2/c1-13-4-5-15-7-9(13)10(14)6-8-2-3-11(12)16-8/h2-3,9-10,14H,4-7H2,1H3. The Morgan fingerprint density at radius 2 is 2.44 bits per heavy atom. The van der Waals surface area contributed by atoms with Crippen LogP contribution in [0.5, 0.6) is 0 Å². The van der Waals surface area contributed by atoms with Gasteiger partial charge in [-0.3, -0.25) is 4.90 Å². The molecule has 1 fully saturated rings. The van der Waals surface area contributed by atoms with Crippen molar-refractivity contribution in [3.05, 3.63) is 21.3 Å². The summed E-state index contributed by atoms with van der Waals surface area (Å²) in [4.78, 5) is 3.43. The first kappa shape index (κ1) is 12.7. The molecule has 0 bridgehead atoms. The highest BCUT2D eigenvalue weighted by Gasteiger charge is 2.26. The van der Waals surface area contributed by atoms with Gasteiger partial charge in [0.05, 0.1) is 10.4 Å². The summed E-state index contributed by atoms with van der Waals surface area (Å²) in [6.07, 6.45) is 0.431. The summed E-state index contributed by atoms with van der Waals surface area (Å²) in [6.45, 7) is 1.07. The van der Waals surface area contributed by atoms with Crippen LogP contribution < -0.4 is 0 Å². The molecule has 0 aliphatic carbocycles. The molecule has 5 heteroatoms. The van der Waals surface area contributed by atoms with Crippen LogP contribution in [-0.4, -0.2) is 47.3 Å². The Balaban J connectivity index is 1.93. The third-order valence-corrected chi connectivity index (χ3v) is 5.23. The van der Waals surface area contributed by atoms with E-state index in [1.165, 1.54) is 10.6 Å². The Morgan fingerprint density at radius 3 is 3.06 bits per heavy atom. The molecule has 2 atom stereocenters. The molecule has 1 aliphatic heterocycles. The van der Waals surface area contributed by atoms with Crippen LogP contribution in [0.15, 0.2) is 12.1 Å². The van der Waals surface area contributed by atoms with E-state index in [1.807, 2.05) is 23.9 Å². The zero-order chi connectivity index (χ0) is 11.5. The number of aliphatic hydroxyl groups is 1. The maximum Gasteiger partial charge on any atom is 0.0931 e. The molecule has 2 rings (SSSR count). The van der Waals surface area contributed by atoms with Gasteiger partial charge in [-0.05, 0) is 19.2 Å². The van der Waals surface area contributed by atoms with Crippen LogP contribution in [0, 0.1) is 0 Å². The van der Waals surface area contributed by atoms with Crippen LogP contribution in [-0.2, 0) is 6.42 Å². The van der Waals surface area contributed by atoms with Crippen molar-refractivity contribution < 1.29 is 5.11 Å². The summed E-state index contributed by atoms with van der Waals surface area (Å²) < 4.78 is 0.800. The minimum Gasteiger partial charge on any atom is -0.391 e. The Kier molecular flexibility index (Phi) is 4.56. The van der Waals surface area contributed by atoms with E-state index in [9.17, 15) is 5.11 Å². The predicted molar refractivity (Wildman–Crippen MR) is 72.8 cm³/mol. The predicted octanol–water partition coefficient (Wildman–Crippen LogP) is 2.35. The molecule has 0 amide bonds. The van der Waals surface area contributed by atoms with Gasteiger partial charge in [-0.1, -0.05) is 11.6 Å². The van der Waals surface area contributed by atoms with Crippen molar-refractivity contribution in [2.45, 2.75) is 18.6 Å². The summed E-state index contributed by atoms with van der Waals surface area (Å²) in [7, 11) is 2.09. The third kappa shape index (κ3) is 3.14. The Bertz CT molecular complexity index is 344. The second-order valence-corrected chi connectivity index (χ2v) is 7.05. The lowest BCUT2D eigenvalue weighted by molar-refractivity contribution is 0.0769. The molecule has 0 aromatic carbocycles. The molecule has 16 heavy (non-hydrogen) atoms. The molecule has 0 spiro atoms. The molecule has 1 aliphatic rings. The fourth-order valence-electron chi connectivity index (χ4n) is 1.91. The maximum absolute atomic E-state index is 10.2. The van der Waals surface area contributed by atoms with Crippen molar-refractivity contribution in [3.63, 3.8) is 0 Å².